The number of benzene rings is 2. The molecule has 0 unspecified atom stereocenters. The van der Waals surface area contributed by atoms with Gasteiger partial charge in [-0.1, -0.05) is 55.1 Å². The Morgan fingerprint density at radius 3 is 1.79 bits per heavy atom. The van der Waals surface area contributed by atoms with Gasteiger partial charge in [0.15, 0.2) is 5.78 Å². The molecule has 0 saturated heterocycles. The van der Waals surface area contributed by atoms with E-state index in [0.717, 1.165) is 6.08 Å². The zero-order valence-electron chi connectivity index (χ0n) is 21.6. The van der Waals surface area contributed by atoms with Crippen LogP contribution in [-0.2, 0) is 33.2 Å². The number of alkyl carbamates (subject to hydrolysis) is 1. The third kappa shape index (κ3) is 12.8. The number of amides is 1. The van der Waals surface area contributed by atoms with Gasteiger partial charge in [-0.15, -0.1) is 0 Å². The van der Waals surface area contributed by atoms with E-state index in [1.165, 1.54) is 0 Å². The Morgan fingerprint density at radius 1 is 0.641 bits per heavy atom. The van der Waals surface area contributed by atoms with E-state index in [1.807, 2.05) is 6.07 Å². The molecular formula is C28H33NO10. The molecule has 2 aromatic rings. The lowest BCUT2D eigenvalue weighted by Gasteiger charge is -2.10. The normalized spacial score (nSPS) is 10.4. The summed E-state index contributed by atoms with van der Waals surface area (Å²) in [6, 6.07) is 15.3. The standard InChI is InChI=1S/C28H33NO10/c1-2-25(30)37-13-12-29-28(33)39-21-19-36-17-15-34-14-16-35-18-20-38-27(32)24-11-7-6-10-23(24)26(31)22-8-4-3-5-9-22/h2-11H,1,12-21H2,(H,29,33). The van der Waals surface area contributed by atoms with Gasteiger partial charge in [-0.2, -0.15) is 0 Å². The topological polar surface area (TPSA) is 136 Å². The second-order valence-electron chi connectivity index (χ2n) is 7.65. The van der Waals surface area contributed by atoms with Crippen LogP contribution in [0.1, 0.15) is 26.3 Å². The van der Waals surface area contributed by atoms with Crippen LogP contribution in [0.2, 0.25) is 0 Å². The molecule has 0 saturated carbocycles. The third-order valence-corrected chi connectivity index (χ3v) is 4.88. The largest absolute Gasteiger partial charge is 0.461 e. The Bertz CT molecular complexity index is 1060. The maximum atomic E-state index is 12.8. The molecule has 0 atom stereocenters. The average Bonchev–Trinajstić information content (AvgIpc) is 2.97. The Morgan fingerprint density at radius 2 is 1.18 bits per heavy atom. The van der Waals surface area contributed by atoms with Gasteiger partial charge < -0.3 is 33.7 Å². The highest BCUT2D eigenvalue weighted by Gasteiger charge is 2.18. The molecule has 0 fully saturated rings. The van der Waals surface area contributed by atoms with Crippen molar-refractivity contribution in [2.45, 2.75) is 0 Å². The zero-order valence-corrected chi connectivity index (χ0v) is 21.6. The summed E-state index contributed by atoms with van der Waals surface area (Å²) in [6.07, 6.45) is 0.393. The van der Waals surface area contributed by atoms with E-state index < -0.39 is 18.0 Å². The van der Waals surface area contributed by atoms with Gasteiger partial charge in [0.25, 0.3) is 0 Å². The summed E-state index contributed by atoms with van der Waals surface area (Å²) in [5.41, 5.74) is 0.973. The molecule has 1 N–H and O–H groups in total. The van der Waals surface area contributed by atoms with Gasteiger partial charge in [0.2, 0.25) is 0 Å². The van der Waals surface area contributed by atoms with Crippen LogP contribution in [0.15, 0.2) is 67.3 Å². The van der Waals surface area contributed by atoms with Crippen molar-refractivity contribution in [3.8, 4) is 0 Å². The summed E-state index contributed by atoms with van der Waals surface area (Å²) < 4.78 is 30.9. The molecule has 39 heavy (non-hydrogen) atoms. The molecule has 0 radical (unpaired) electrons. The van der Waals surface area contributed by atoms with E-state index in [0.29, 0.717) is 32.0 Å². The molecule has 11 heteroatoms. The zero-order chi connectivity index (χ0) is 28.1. The molecule has 0 aliphatic rings. The van der Waals surface area contributed by atoms with Crippen molar-refractivity contribution in [2.75, 3.05) is 66.0 Å². The number of hydrogen-bond donors (Lipinski definition) is 1. The monoisotopic (exact) mass is 543 g/mol. The summed E-state index contributed by atoms with van der Waals surface area (Å²) >= 11 is 0. The molecule has 0 heterocycles. The molecule has 11 nitrogen and oxygen atoms in total. The van der Waals surface area contributed by atoms with Crippen LogP contribution in [0.4, 0.5) is 4.79 Å². The van der Waals surface area contributed by atoms with Gasteiger partial charge in [-0.3, -0.25) is 4.79 Å². The van der Waals surface area contributed by atoms with Crippen molar-refractivity contribution in [2.24, 2.45) is 0 Å². The van der Waals surface area contributed by atoms with Crippen molar-refractivity contribution in [3.63, 3.8) is 0 Å². The second kappa shape index (κ2) is 19.1. The fourth-order valence-corrected chi connectivity index (χ4v) is 3.03. The minimum absolute atomic E-state index is 0.0224. The first-order chi connectivity index (χ1) is 19.0. The number of carbonyl (C=O) groups excluding carboxylic acids is 4. The first kappa shape index (κ1) is 31.2. The third-order valence-electron chi connectivity index (χ3n) is 4.88. The van der Waals surface area contributed by atoms with Crippen molar-refractivity contribution in [3.05, 3.63) is 83.9 Å². The van der Waals surface area contributed by atoms with Crippen LogP contribution >= 0.6 is 0 Å². The van der Waals surface area contributed by atoms with E-state index in [2.05, 4.69) is 11.9 Å². The van der Waals surface area contributed by atoms with Crippen LogP contribution in [0.3, 0.4) is 0 Å². The van der Waals surface area contributed by atoms with Crippen molar-refractivity contribution < 1.29 is 47.6 Å². The fraction of sp³-hybridized carbons (Fsp3) is 0.357. The van der Waals surface area contributed by atoms with Gasteiger partial charge in [0, 0.05) is 17.2 Å². The molecule has 210 valence electrons. The number of carbonyl (C=O) groups is 4. The summed E-state index contributed by atoms with van der Waals surface area (Å²) in [6.45, 7) is 5.13. The fourth-order valence-electron chi connectivity index (χ4n) is 3.03. The molecule has 0 aromatic heterocycles. The number of esters is 2. The lowest BCUT2D eigenvalue weighted by Crippen LogP contribution is -2.29. The Kier molecular flexibility index (Phi) is 15.2. The van der Waals surface area contributed by atoms with E-state index >= 15 is 0 Å². The molecular weight excluding hydrogens is 510 g/mol. The van der Waals surface area contributed by atoms with Crippen LogP contribution in [0.25, 0.3) is 0 Å². The Labute approximate surface area is 227 Å². The van der Waals surface area contributed by atoms with E-state index in [4.69, 9.17) is 28.4 Å². The molecule has 2 rings (SSSR count). The Balaban J connectivity index is 1.46. The summed E-state index contributed by atoms with van der Waals surface area (Å²) in [4.78, 5) is 47.5. The van der Waals surface area contributed by atoms with Crippen LogP contribution in [0, 0.1) is 0 Å². The summed E-state index contributed by atoms with van der Waals surface area (Å²) in [7, 11) is 0. The first-order valence-corrected chi connectivity index (χ1v) is 12.3. The van der Waals surface area contributed by atoms with Crippen molar-refractivity contribution >= 4 is 23.8 Å². The van der Waals surface area contributed by atoms with E-state index in [-0.39, 0.29) is 56.5 Å². The highest BCUT2D eigenvalue weighted by molar-refractivity contribution is 6.14. The van der Waals surface area contributed by atoms with Crippen LogP contribution in [0.5, 0.6) is 0 Å². The molecule has 0 aliphatic heterocycles. The molecule has 0 spiro atoms. The number of ketones is 1. The minimum atomic E-state index is -0.641. The maximum Gasteiger partial charge on any atom is 0.407 e. The summed E-state index contributed by atoms with van der Waals surface area (Å²) in [5, 5.41) is 2.42. The average molecular weight is 544 g/mol. The first-order valence-electron chi connectivity index (χ1n) is 12.3. The SMILES string of the molecule is C=CC(=O)OCCNC(=O)OCCOCCOCCOCCOC(=O)c1ccccc1C(=O)c1ccccc1. The van der Waals surface area contributed by atoms with Gasteiger partial charge in [-0.05, 0) is 6.07 Å². The smallest absolute Gasteiger partial charge is 0.407 e. The maximum absolute atomic E-state index is 12.8. The Hall–Kier alpha value is -4.06. The predicted octanol–water partition coefficient (Wildman–Crippen LogP) is 2.58. The van der Waals surface area contributed by atoms with Gasteiger partial charge in [-0.25, -0.2) is 14.4 Å². The molecule has 0 bridgehead atoms. The highest BCUT2D eigenvalue weighted by atomic mass is 16.6. The van der Waals surface area contributed by atoms with Crippen molar-refractivity contribution in [1.29, 1.82) is 0 Å². The quantitative estimate of drug-likeness (QED) is 0.0926. The number of ether oxygens (including phenoxy) is 6. The molecule has 2 aromatic carbocycles. The van der Waals surface area contributed by atoms with Gasteiger partial charge >= 0.3 is 18.0 Å². The van der Waals surface area contributed by atoms with E-state index in [9.17, 15) is 19.2 Å². The highest BCUT2D eigenvalue weighted by Crippen LogP contribution is 2.15. The van der Waals surface area contributed by atoms with E-state index in [1.54, 1.807) is 48.5 Å². The minimum Gasteiger partial charge on any atom is -0.461 e. The summed E-state index contributed by atoms with van der Waals surface area (Å²) in [5.74, 6) is -1.41. The second-order valence-corrected chi connectivity index (χ2v) is 7.65. The molecule has 0 aliphatic carbocycles. The van der Waals surface area contributed by atoms with Gasteiger partial charge in [0.1, 0.15) is 19.8 Å². The number of hydrogen-bond acceptors (Lipinski definition) is 10. The lowest BCUT2D eigenvalue weighted by molar-refractivity contribution is -0.137. The lowest BCUT2D eigenvalue weighted by atomic mass is 9.98. The van der Waals surface area contributed by atoms with Gasteiger partial charge in [0.05, 0.1) is 51.7 Å². The van der Waals surface area contributed by atoms with Crippen LogP contribution in [-0.4, -0.2) is 89.8 Å². The predicted molar refractivity (Wildman–Crippen MR) is 140 cm³/mol. The van der Waals surface area contributed by atoms with Crippen molar-refractivity contribution in [1.82, 2.24) is 5.32 Å². The number of nitrogens with one attached hydrogen (secondary N) is 1. The number of rotatable bonds is 19. The van der Waals surface area contributed by atoms with Crippen LogP contribution < -0.4 is 5.32 Å². The molecule has 1 amide bonds.